The fourth-order valence-corrected chi connectivity index (χ4v) is 1.76. The quantitative estimate of drug-likeness (QED) is 0.468. The van der Waals surface area contributed by atoms with Crippen LogP contribution in [0.2, 0.25) is 0 Å². The summed E-state index contributed by atoms with van der Waals surface area (Å²) in [4.78, 5) is 34.4. The molecule has 0 aliphatic rings. The van der Waals surface area contributed by atoms with Gasteiger partial charge in [-0.25, -0.2) is 0 Å². The Morgan fingerprint density at radius 1 is 1.48 bits per heavy atom. The second-order valence-electron chi connectivity index (χ2n) is 5.18. The normalized spacial score (nSPS) is 10.3. The number of amides is 1. The molecule has 0 radical (unpaired) electrons. The molecule has 1 amide bonds. The van der Waals surface area contributed by atoms with Gasteiger partial charge in [-0.15, -0.1) is 0 Å². The van der Waals surface area contributed by atoms with Crippen molar-refractivity contribution >= 4 is 23.6 Å². The lowest BCUT2D eigenvalue weighted by atomic mass is 10.1. The SMILES string of the molecule is CC(C)CNC(=O)CN(C)c1ccc(C=O)cc1[N+](=O)[O-]. The van der Waals surface area contributed by atoms with E-state index in [-0.39, 0.29) is 23.7 Å². The molecule has 0 atom stereocenters. The van der Waals surface area contributed by atoms with Gasteiger partial charge < -0.3 is 10.2 Å². The van der Waals surface area contributed by atoms with E-state index in [9.17, 15) is 19.7 Å². The Hall–Kier alpha value is -2.44. The second kappa shape index (κ2) is 7.37. The molecule has 0 saturated carbocycles. The number of aldehydes is 1. The lowest BCUT2D eigenvalue weighted by Crippen LogP contribution is -2.37. The molecule has 21 heavy (non-hydrogen) atoms. The predicted octanol–water partition coefficient (Wildman–Crippen LogP) is 1.62. The fraction of sp³-hybridized carbons (Fsp3) is 0.429. The third-order valence-corrected chi connectivity index (χ3v) is 2.83. The van der Waals surface area contributed by atoms with Gasteiger partial charge in [0.2, 0.25) is 5.91 Å². The Bertz CT molecular complexity index is 543. The molecule has 0 aliphatic carbocycles. The van der Waals surface area contributed by atoms with Gasteiger partial charge in [0.05, 0.1) is 11.5 Å². The highest BCUT2D eigenvalue weighted by Gasteiger charge is 2.19. The van der Waals surface area contributed by atoms with Gasteiger partial charge in [0.1, 0.15) is 12.0 Å². The van der Waals surface area contributed by atoms with E-state index in [1.165, 1.54) is 23.1 Å². The van der Waals surface area contributed by atoms with Crippen molar-refractivity contribution in [3.8, 4) is 0 Å². The molecule has 0 aliphatic heterocycles. The Morgan fingerprint density at radius 2 is 2.14 bits per heavy atom. The van der Waals surface area contributed by atoms with Gasteiger partial charge in [0, 0.05) is 25.2 Å². The minimum atomic E-state index is -0.565. The number of nitro groups is 1. The van der Waals surface area contributed by atoms with Crippen LogP contribution in [0.4, 0.5) is 11.4 Å². The predicted molar refractivity (Wildman–Crippen MR) is 79.6 cm³/mol. The maximum absolute atomic E-state index is 11.8. The summed E-state index contributed by atoms with van der Waals surface area (Å²) in [6.07, 6.45) is 0.548. The first-order chi connectivity index (χ1) is 9.85. The standard InChI is InChI=1S/C14H19N3O4/c1-10(2)7-15-14(19)8-16(3)12-5-4-11(9-18)6-13(12)17(20)21/h4-6,9-10H,7-8H2,1-3H3,(H,15,19). The van der Waals surface area contributed by atoms with Gasteiger partial charge in [-0.2, -0.15) is 0 Å². The number of nitro benzene ring substituents is 1. The lowest BCUT2D eigenvalue weighted by molar-refractivity contribution is -0.384. The molecular weight excluding hydrogens is 274 g/mol. The first-order valence-corrected chi connectivity index (χ1v) is 6.56. The summed E-state index contributed by atoms with van der Waals surface area (Å²) < 4.78 is 0. The summed E-state index contributed by atoms with van der Waals surface area (Å²) in [6.45, 7) is 4.52. The molecule has 1 rings (SSSR count). The number of rotatable bonds is 7. The zero-order valence-corrected chi connectivity index (χ0v) is 12.3. The van der Waals surface area contributed by atoms with Crippen molar-refractivity contribution < 1.29 is 14.5 Å². The molecule has 0 saturated heterocycles. The van der Waals surface area contributed by atoms with Gasteiger partial charge in [-0.05, 0) is 18.1 Å². The average molecular weight is 293 g/mol. The van der Waals surface area contributed by atoms with Crippen LogP contribution in [-0.2, 0) is 4.79 Å². The van der Waals surface area contributed by atoms with Crippen molar-refractivity contribution in [2.24, 2.45) is 5.92 Å². The zero-order valence-electron chi connectivity index (χ0n) is 12.3. The summed E-state index contributed by atoms with van der Waals surface area (Å²) in [6, 6.07) is 4.15. The van der Waals surface area contributed by atoms with Crippen molar-refractivity contribution in [1.29, 1.82) is 0 Å². The topological polar surface area (TPSA) is 92.6 Å². The highest BCUT2D eigenvalue weighted by atomic mass is 16.6. The summed E-state index contributed by atoms with van der Waals surface area (Å²) in [5.41, 5.74) is 0.326. The number of nitrogens with one attached hydrogen (secondary N) is 1. The minimum Gasteiger partial charge on any atom is -0.360 e. The summed E-state index contributed by atoms with van der Waals surface area (Å²) in [7, 11) is 1.60. The minimum absolute atomic E-state index is 0.00793. The number of hydrogen-bond donors (Lipinski definition) is 1. The van der Waals surface area contributed by atoms with Crippen LogP contribution in [0.1, 0.15) is 24.2 Å². The second-order valence-corrected chi connectivity index (χ2v) is 5.18. The summed E-state index contributed by atoms with van der Waals surface area (Å²) >= 11 is 0. The number of carbonyl (C=O) groups excluding carboxylic acids is 2. The average Bonchev–Trinajstić information content (AvgIpc) is 2.44. The van der Waals surface area contributed by atoms with E-state index in [1.807, 2.05) is 13.8 Å². The highest BCUT2D eigenvalue weighted by molar-refractivity contribution is 5.84. The Labute approximate surface area is 123 Å². The van der Waals surface area contributed by atoms with Crippen LogP contribution >= 0.6 is 0 Å². The van der Waals surface area contributed by atoms with Crippen molar-refractivity contribution in [1.82, 2.24) is 5.32 Å². The number of anilines is 1. The molecule has 0 heterocycles. The zero-order chi connectivity index (χ0) is 16.0. The van der Waals surface area contributed by atoms with Crippen LogP contribution in [0.3, 0.4) is 0 Å². The maximum Gasteiger partial charge on any atom is 0.293 e. The number of nitrogens with zero attached hydrogens (tertiary/aromatic N) is 2. The van der Waals surface area contributed by atoms with Gasteiger partial charge in [0.25, 0.3) is 5.69 Å². The largest absolute Gasteiger partial charge is 0.360 e. The lowest BCUT2D eigenvalue weighted by Gasteiger charge is -2.19. The number of hydrogen-bond acceptors (Lipinski definition) is 5. The van der Waals surface area contributed by atoms with Crippen LogP contribution in [0, 0.1) is 16.0 Å². The van der Waals surface area contributed by atoms with E-state index in [0.717, 1.165) is 0 Å². The van der Waals surface area contributed by atoms with Crippen LogP contribution in [0.5, 0.6) is 0 Å². The van der Waals surface area contributed by atoms with E-state index in [4.69, 9.17) is 0 Å². The van der Waals surface area contributed by atoms with E-state index in [1.54, 1.807) is 7.05 Å². The van der Waals surface area contributed by atoms with Crippen molar-refractivity contribution in [2.75, 3.05) is 25.0 Å². The molecule has 1 aromatic carbocycles. The van der Waals surface area contributed by atoms with Crippen molar-refractivity contribution in [2.45, 2.75) is 13.8 Å². The van der Waals surface area contributed by atoms with Gasteiger partial charge in [-0.1, -0.05) is 13.8 Å². The number of carbonyl (C=O) groups is 2. The van der Waals surface area contributed by atoms with Gasteiger partial charge in [0.15, 0.2) is 0 Å². The molecule has 0 bridgehead atoms. The first-order valence-electron chi connectivity index (χ1n) is 6.56. The first kappa shape index (κ1) is 16.6. The van der Waals surface area contributed by atoms with Crippen molar-refractivity contribution in [3.05, 3.63) is 33.9 Å². The fourth-order valence-electron chi connectivity index (χ4n) is 1.76. The molecule has 7 heteroatoms. The third kappa shape index (κ3) is 4.87. The molecule has 0 aromatic heterocycles. The molecular formula is C14H19N3O4. The number of benzene rings is 1. The molecule has 1 N–H and O–H groups in total. The van der Waals surface area contributed by atoms with Crippen LogP contribution in [0.25, 0.3) is 0 Å². The maximum atomic E-state index is 11.8. The van der Waals surface area contributed by atoms with Crippen LogP contribution in [0.15, 0.2) is 18.2 Å². The van der Waals surface area contributed by atoms with Gasteiger partial charge >= 0.3 is 0 Å². The van der Waals surface area contributed by atoms with E-state index >= 15 is 0 Å². The molecule has 1 aromatic rings. The van der Waals surface area contributed by atoms with Crippen molar-refractivity contribution in [3.63, 3.8) is 0 Å². The summed E-state index contributed by atoms with van der Waals surface area (Å²) in [5, 5.41) is 13.8. The van der Waals surface area contributed by atoms with E-state index in [2.05, 4.69) is 5.32 Å². The van der Waals surface area contributed by atoms with E-state index < -0.39 is 4.92 Å². The Kier molecular flexibility index (Phi) is 5.83. The number of likely N-dealkylation sites (N-methyl/N-ethyl adjacent to an activating group) is 1. The molecule has 114 valence electrons. The molecule has 7 nitrogen and oxygen atoms in total. The van der Waals surface area contributed by atoms with Crippen LogP contribution < -0.4 is 10.2 Å². The smallest absolute Gasteiger partial charge is 0.293 e. The highest BCUT2D eigenvalue weighted by Crippen LogP contribution is 2.27. The Balaban J connectivity index is 2.86. The molecule has 0 spiro atoms. The Morgan fingerprint density at radius 3 is 2.67 bits per heavy atom. The van der Waals surface area contributed by atoms with E-state index in [0.29, 0.717) is 24.4 Å². The monoisotopic (exact) mass is 293 g/mol. The van der Waals surface area contributed by atoms with Crippen LogP contribution in [-0.4, -0.2) is 37.3 Å². The summed E-state index contributed by atoms with van der Waals surface area (Å²) in [5.74, 6) is 0.125. The third-order valence-electron chi connectivity index (χ3n) is 2.83. The molecule has 0 fully saturated rings. The van der Waals surface area contributed by atoms with Gasteiger partial charge in [-0.3, -0.25) is 19.7 Å². The molecule has 0 unspecified atom stereocenters.